The number of rotatable bonds is 2. The fraction of sp³-hybridized carbons (Fsp3) is 0.267. The minimum Gasteiger partial charge on any atom is -0.392 e. The molecule has 1 atom stereocenters. The van der Waals surface area contributed by atoms with Crippen molar-refractivity contribution < 1.29 is 28.7 Å². The van der Waals surface area contributed by atoms with Crippen LogP contribution in [-0.4, -0.2) is 40.5 Å². The van der Waals surface area contributed by atoms with Gasteiger partial charge in [-0.15, -0.1) is 0 Å². The lowest BCUT2D eigenvalue weighted by molar-refractivity contribution is -0.167. The van der Waals surface area contributed by atoms with E-state index < -0.39 is 29.8 Å². The fourth-order valence-corrected chi connectivity index (χ4v) is 2.60. The molecule has 2 aliphatic heterocycles. The van der Waals surface area contributed by atoms with E-state index in [1.54, 1.807) is 0 Å². The molecule has 0 aromatic heterocycles. The van der Waals surface area contributed by atoms with Crippen LogP contribution in [0.5, 0.6) is 0 Å². The molecule has 0 N–H and O–H groups in total. The van der Waals surface area contributed by atoms with Gasteiger partial charge >= 0.3 is 11.9 Å². The van der Waals surface area contributed by atoms with Crippen LogP contribution < -0.4 is 0 Å². The lowest BCUT2D eigenvalue weighted by Crippen LogP contribution is -2.48. The predicted octanol–water partition coefficient (Wildman–Crippen LogP) is 0.717. The average Bonchev–Trinajstić information content (AvgIpc) is 2.71. The molecule has 1 saturated heterocycles. The highest BCUT2D eigenvalue weighted by Crippen LogP contribution is 2.29. The summed E-state index contributed by atoms with van der Waals surface area (Å²) in [6.45, 7) is 1.35. The monoisotopic (exact) mass is 301 g/mol. The maximum atomic E-state index is 12.4. The first kappa shape index (κ1) is 14.1. The molecule has 112 valence electrons. The third-order valence-electron chi connectivity index (χ3n) is 3.74. The first-order valence-corrected chi connectivity index (χ1v) is 6.67. The first-order valence-electron chi connectivity index (χ1n) is 6.67. The quantitative estimate of drug-likeness (QED) is 0.345. The predicted molar refractivity (Wildman–Crippen MR) is 71.1 cm³/mol. The number of carbonyl (C=O) groups is 5. The van der Waals surface area contributed by atoms with Gasteiger partial charge in [0, 0.05) is 12.0 Å². The summed E-state index contributed by atoms with van der Waals surface area (Å²) in [7, 11) is 0. The smallest absolute Gasteiger partial charge is 0.337 e. The molecule has 3 rings (SSSR count). The number of hydrogen-bond acceptors (Lipinski definition) is 6. The highest BCUT2D eigenvalue weighted by molar-refractivity contribution is 6.23. The number of Topliss-reactive ketones (excluding diaryl/α,β-unsaturated/α-hetero) is 1. The molecule has 2 amide bonds. The van der Waals surface area contributed by atoms with Gasteiger partial charge in [0.05, 0.1) is 11.1 Å². The molecular weight excluding hydrogens is 290 g/mol. The summed E-state index contributed by atoms with van der Waals surface area (Å²) in [4.78, 5) is 59.8. The van der Waals surface area contributed by atoms with Crippen molar-refractivity contribution in [1.29, 1.82) is 0 Å². The van der Waals surface area contributed by atoms with Crippen LogP contribution in [0.2, 0.25) is 0 Å². The Balaban J connectivity index is 1.98. The van der Waals surface area contributed by atoms with Gasteiger partial charge in [-0.1, -0.05) is 6.07 Å². The molecule has 2 heterocycles. The van der Waals surface area contributed by atoms with Crippen molar-refractivity contribution in [2.24, 2.45) is 0 Å². The van der Waals surface area contributed by atoms with Crippen molar-refractivity contribution in [2.75, 3.05) is 0 Å². The Morgan fingerprint density at radius 1 is 1.14 bits per heavy atom. The second-order valence-corrected chi connectivity index (χ2v) is 5.14. The number of esters is 2. The van der Waals surface area contributed by atoms with E-state index >= 15 is 0 Å². The number of hydrogen-bond donors (Lipinski definition) is 0. The number of cyclic esters (lactones) is 2. The lowest BCUT2D eigenvalue weighted by atomic mass is 10.0. The summed E-state index contributed by atoms with van der Waals surface area (Å²) in [5.74, 6) is -3.08. The Bertz CT molecular complexity index is 750. The SMILES string of the molecule is CC(=O)c1ccc2c(c1)C(=O)N(C1CCC(=O)OC1=O)C2=O. The average molecular weight is 301 g/mol. The van der Waals surface area contributed by atoms with Crippen LogP contribution in [0.3, 0.4) is 0 Å². The number of imide groups is 1. The maximum Gasteiger partial charge on any atom is 0.337 e. The minimum atomic E-state index is -1.11. The Hall–Kier alpha value is -2.83. The van der Waals surface area contributed by atoms with Crippen LogP contribution in [0.1, 0.15) is 50.8 Å². The van der Waals surface area contributed by atoms with E-state index in [9.17, 15) is 24.0 Å². The van der Waals surface area contributed by atoms with Crippen molar-refractivity contribution >= 4 is 29.5 Å². The Morgan fingerprint density at radius 3 is 2.45 bits per heavy atom. The molecule has 0 aliphatic carbocycles. The topological polar surface area (TPSA) is 97.8 Å². The molecule has 1 fully saturated rings. The van der Waals surface area contributed by atoms with E-state index in [-0.39, 0.29) is 29.8 Å². The van der Waals surface area contributed by atoms with Crippen molar-refractivity contribution in [3.63, 3.8) is 0 Å². The molecule has 0 spiro atoms. The summed E-state index contributed by atoms with van der Waals surface area (Å²) in [5, 5.41) is 0. The molecule has 1 aromatic carbocycles. The molecular formula is C15H11NO6. The van der Waals surface area contributed by atoms with Crippen LogP contribution in [0.15, 0.2) is 18.2 Å². The number of ketones is 1. The molecule has 0 saturated carbocycles. The van der Waals surface area contributed by atoms with E-state index in [4.69, 9.17) is 0 Å². The van der Waals surface area contributed by atoms with E-state index in [1.807, 2.05) is 0 Å². The normalized spacial score (nSPS) is 21.0. The highest BCUT2D eigenvalue weighted by Gasteiger charge is 2.45. The number of carbonyl (C=O) groups excluding carboxylic acids is 5. The van der Waals surface area contributed by atoms with Gasteiger partial charge in [0.25, 0.3) is 11.8 Å². The molecule has 0 bridgehead atoms. The molecule has 1 unspecified atom stereocenters. The van der Waals surface area contributed by atoms with Gasteiger partial charge in [-0.05, 0) is 25.5 Å². The molecule has 1 aromatic rings. The van der Waals surface area contributed by atoms with Gasteiger partial charge in [0.1, 0.15) is 6.04 Å². The van der Waals surface area contributed by atoms with Gasteiger partial charge in [0.15, 0.2) is 5.78 Å². The zero-order valence-electron chi connectivity index (χ0n) is 11.6. The Kier molecular flexibility index (Phi) is 3.13. The van der Waals surface area contributed by atoms with E-state index in [0.717, 1.165) is 4.90 Å². The summed E-state index contributed by atoms with van der Waals surface area (Å²) in [5.41, 5.74) is 0.533. The van der Waals surface area contributed by atoms with Gasteiger partial charge in [0.2, 0.25) is 0 Å². The Labute approximate surface area is 124 Å². The number of benzene rings is 1. The molecule has 7 nitrogen and oxygen atoms in total. The molecule has 2 aliphatic rings. The maximum absolute atomic E-state index is 12.4. The van der Waals surface area contributed by atoms with Crippen molar-refractivity contribution in [3.05, 3.63) is 34.9 Å². The van der Waals surface area contributed by atoms with Crippen LogP contribution in [-0.2, 0) is 14.3 Å². The van der Waals surface area contributed by atoms with E-state index in [1.165, 1.54) is 25.1 Å². The largest absolute Gasteiger partial charge is 0.392 e. The van der Waals surface area contributed by atoms with Gasteiger partial charge in [-0.25, -0.2) is 4.79 Å². The van der Waals surface area contributed by atoms with Gasteiger partial charge < -0.3 is 4.74 Å². The van der Waals surface area contributed by atoms with Crippen LogP contribution >= 0.6 is 0 Å². The van der Waals surface area contributed by atoms with Crippen molar-refractivity contribution in [2.45, 2.75) is 25.8 Å². The zero-order valence-corrected chi connectivity index (χ0v) is 11.6. The number of nitrogens with zero attached hydrogens (tertiary/aromatic N) is 1. The zero-order chi connectivity index (χ0) is 16.0. The molecule has 7 heteroatoms. The van der Waals surface area contributed by atoms with E-state index in [0.29, 0.717) is 5.56 Å². The first-order chi connectivity index (χ1) is 10.4. The third-order valence-corrected chi connectivity index (χ3v) is 3.74. The summed E-state index contributed by atoms with van der Waals surface area (Å²) < 4.78 is 4.49. The number of ether oxygens (including phenoxy) is 1. The summed E-state index contributed by atoms with van der Waals surface area (Å²) in [6.07, 6.45) is 0.00517. The minimum absolute atomic E-state index is 0.0392. The lowest BCUT2D eigenvalue weighted by Gasteiger charge is -2.26. The molecule has 0 radical (unpaired) electrons. The highest BCUT2D eigenvalue weighted by atomic mass is 16.6. The number of fused-ring (bicyclic) bond motifs is 1. The summed E-state index contributed by atoms with van der Waals surface area (Å²) >= 11 is 0. The third kappa shape index (κ3) is 2.02. The van der Waals surface area contributed by atoms with Crippen LogP contribution in [0, 0.1) is 0 Å². The number of amides is 2. The summed E-state index contributed by atoms with van der Waals surface area (Å²) in [6, 6.07) is 3.09. The van der Waals surface area contributed by atoms with Crippen molar-refractivity contribution in [1.82, 2.24) is 4.90 Å². The fourth-order valence-electron chi connectivity index (χ4n) is 2.60. The van der Waals surface area contributed by atoms with Gasteiger partial charge in [-0.3, -0.25) is 24.1 Å². The standard InChI is InChI=1S/C15H11NO6/c1-7(17)8-2-3-9-10(6-8)14(20)16(13(9)19)11-4-5-12(18)22-15(11)21/h2-3,6,11H,4-5H2,1H3. The second-order valence-electron chi connectivity index (χ2n) is 5.14. The van der Waals surface area contributed by atoms with Gasteiger partial charge in [-0.2, -0.15) is 0 Å². The second kappa shape index (κ2) is 4.87. The van der Waals surface area contributed by atoms with Crippen molar-refractivity contribution in [3.8, 4) is 0 Å². The molecule has 22 heavy (non-hydrogen) atoms. The Morgan fingerprint density at radius 2 is 1.82 bits per heavy atom. The van der Waals surface area contributed by atoms with Crippen LogP contribution in [0.4, 0.5) is 0 Å². The van der Waals surface area contributed by atoms with E-state index in [2.05, 4.69) is 4.74 Å². The van der Waals surface area contributed by atoms with Crippen LogP contribution in [0.25, 0.3) is 0 Å².